The maximum atomic E-state index is 12.7. The van der Waals surface area contributed by atoms with Crippen molar-refractivity contribution < 1.29 is 18.7 Å². The summed E-state index contributed by atoms with van der Waals surface area (Å²) >= 11 is 1.56. The van der Waals surface area contributed by atoms with Gasteiger partial charge in [0.2, 0.25) is 0 Å². The number of nitrogens with one attached hydrogen (secondary N) is 1. The molecule has 3 heterocycles. The van der Waals surface area contributed by atoms with Crippen LogP contribution < -0.4 is 5.32 Å². The predicted molar refractivity (Wildman–Crippen MR) is 125 cm³/mol. The van der Waals surface area contributed by atoms with Gasteiger partial charge in [0, 0.05) is 10.4 Å². The molecule has 0 saturated carbocycles. The number of furan rings is 1. The second-order valence-electron chi connectivity index (χ2n) is 7.95. The van der Waals surface area contributed by atoms with Crippen LogP contribution in [0, 0.1) is 12.8 Å². The van der Waals surface area contributed by atoms with Crippen LogP contribution in [-0.2, 0) is 9.53 Å². The van der Waals surface area contributed by atoms with E-state index in [1.165, 1.54) is 6.26 Å². The van der Waals surface area contributed by atoms with Gasteiger partial charge in [-0.15, -0.1) is 11.3 Å². The number of ether oxygens (including phenoxy) is 1. The normalized spacial score (nSPS) is 15.9. The highest BCUT2D eigenvalue weighted by molar-refractivity contribution is 7.16. The Morgan fingerprint density at radius 3 is 2.59 bits per heavy atom. The highest BCUT2D eigenvalue weighted by Gasteiger charge is 2.33. The van der Waals surface area contributed by atoms with Crippen LogP contribution >= 0.6 is 11.3 Å². The number of esters is 1. The van der Waals surface area contributed by atoms with Crippen LogP contribution in [-0.4, -0.2) is 36.5 Å². The number of hydrogen-bond donors (Lipinski definition) is 1. The number of carbonyl (C=O) groups excluding carboxylic acids is 2. The molecular formula is C25H28N2O4S. The molecule has 6 nitrogen and oxygen atoms in total. The summed E-state index contributed by atoms with van der Waals surface area (Å²) in [6.45, 7) is 5.87. The van der Waals surface area contributed by atoms with E-state index in [0.29, 0.717) is 6.61 Å². The van der Waals surface area contributed by atoms with Crippen LogP contribution in [0.1, 0.15) is 52.4 Å². The Kier molecular flexibility index (Phi) is 7.07. The minimum Gasteiger partial charge on any atom is -0.466 e. The Morgan fingerprint density at radius 1 is 1.19 bits per heavy atom. The number of benzene rings is 1. The smallest absolute Gasteiger partial charge is 0.309 e. The number of piperidine rings is 1. The fraction of sp³-hybridized carbons (Fsp3) is 0.360. The van der Waals surface area contributed by atoms with E-state index in [2.05, 4.69) is 28.4 Å². The third kappa shape index (κ3) is 4.95. The first-order valence-corrected chi connectivity index (χ1v) is 11.8. The Labute approximate surface area is 192 Å². The molecule has 3 aromatic rings. The van der Waals surface area contributed by atoms with Crippen molar-refractivity contribution in [1.82, 2.24) is 4.90 Å². The van der Waals surface area contributed by atoms with Crippen LogP contribution in [0.2, 0.25) is 0 Å². The van der Waals surface area contributed by atoms with Gasteiger partial charge < -0.3 is 14.5 Å². The Hall–Kier alpha value is -2.90. The summed E-state index contributed by atoms with van der Waals surface area (Å²) in [6, 6.07) is 15.8. The van der Waals surface area contributed by atoms with Crippen LogP contribution in [0.25, 0.3) is 0 Å². The lowest BCUT2D eigenvalue weighted by atomic mass is 9.92. The molecule has 1 aliphatic heterocycles. The van der Waals surface area contributed by atoms with E-state index >= 15 is 0 Å². The molecule has 1 amide bonds. The average Bonchev–Trinajstić information content (AvgIpc) is 3.46. The molecule has 7 heteroatoms. The quantitative estimate of drug-likeness (QED) is 0.495. The van der Waals surface area contributed by atoms with E-state index in [0.717, 1.165) is 46.9 Å². The molecule has 32 heavy (non-hydrogen) atoms. The molecule has 4 rings (SSSR count). The fourth-order valence-electron chi connectivity index (χ4n) is 4.28. The summed E-state index contributed by atoms with van der Waals surface area (Å²) < 4.78 is 10.5. The molecule has 1 N–H and O–H groups in total. The lowest BCUT2D eigenvalue weighted by Crippen LogP contribution is -2.39. The molecule has 1 aromatic carbocycles. The molecule has 1 saturated heterocycles. The van der Waals surface area contributed by atoms with E-state index < -0.39 is 0 Å². The SMILES string of the molecule is CCOC(=O)C1CCN([C@H](c2ccccc2)c2cc(C)sc2NC(=O)c2ccco2)CC1. The highest BCUT2D eigenvalue weighted by Crippen LogP contribution is 2.40. The van der Waals surface area contributed by atoms with Gasteiger partial charge in [-0.1, -0.05) is 30.3 Å². The summed E-state index contributed by atoms with van der Waals surface area (Å²) in [5, 5.41) is 3.88. The first kappa shape index (κ1) is 22.3. The largest absolute Gasteiger partial charge is 0.466 e. The summed E-state index contributed by atoms with van der Waals surface area (Å²) in [4.78, 5) is 28.4. The minimum atomic E-state index is -0.258. The van der Waals surface area contributed by atoms with Crippen molar-refractivity contribution in [2.24, 2.45) is 5.92 Å². The van der Waals surface area contributed by atoms with Crippen molar-refractivity contribution in [1.29, 1.82) is 0 Å². The zero-order valence-electron chi connectivity index (χ0n) is 18.4. The van der Waals surface area contributed by atoms with Gasteiger partial charge in [0.1, 0.15) is 5.00 Å². The van der Waals surface area contributed by atoms with Gasteiger partial charge in [0.15, 0.2) is 5.76 Å². The van der Waals surface area contributed by atoms with Gasteiger partial charge in [-0.3, -0.25) is 14.5 Å². The lowest BCUT2D eigenvalue weighted by Gasteiger charge is -2.37. The second kappa shape index (κ2) is 10.1. The monoisotopic (exact) mass is 452 g/mol. The van der Waals surface area contributed by atoms with Gasteiger partial charge >= 0.3 is 5.97 Å². The molecular weight excluding hydrogens is 424 g/mol. The van der Waals surface area contributed by atoms with E-state index in [1.807, 2.05) is 32.0 Å². The van der Waals surface area contributed by atoms with Gasteiger partial charge in [-0.2, -0.15) is 0 Å². The van der Waals surface area contributed by atoms with Gasteiger partial charge in [0.05, 0.1) is 24.8 Å². The number of nitrogens with zero attached hydrogens (tertiary/aromatic N) is 1. The second-order valence-corrected chi connectivity index (χ2v) is 9.20. The summed E-state index contributed by atoms with van der Waals surface area (Å²) in [6.07, 6.45) is 3.02. The zero-order valence-corrected chi connectivity index (χ0v) is 19.2. The van der Waals surface area contributed by atoms with Crippen molar-refractivity contribution in [3.05, 3.63) is 76.6 Å². The first-order valence-electron chi connectivity index (χ1n) is 11.0. The zero-order chi connectivity index (χ0) is 22.5. The third-order valence-corrected chi connectivity index (χ3v) is 6.76. The topological polar surface area (TPSA) is 71.8 Å². The molecule has 0 spiro atoms. The van der Waals surface area contributed by atoms with E-state index in [1.54, 1.807) is 23.5 Å². The number of anilines is 1. The molecule has 0 radical (unpaired) electrons. The lowest BCUT2D eigenvalue weighted by molar-refractivity contribution is -0.149. The Bertz CT molecular complexity index is 1040. The van der Waals surface area contributed by atoms with Gasteiger partial charge in [0.25, 0.3) is 5.91 Å². The molecule has 1 fully saturated rings. The average molecular weight is 453 g/mol. The molecule has 1 aliphatic rings. The van der Waals surface area contributed by atoms with Crippen molar-refractivity contribution >= 4 is 28.2 Å². The van der Waals surface area contributed by atoms with Crippen LogP contribution in [0.3, 0.4) is 0 Å². The summed E-state index contributed by atoms with van der Waals surface area (Å²) in [5.41, 5.74) is 2.22. The van der Waals surface area contributed by atoms with E-state index in [4.69, 9.17) is 9.15 Å². The van der Waals surface area contributed by atoms with Gasteiger partial charge in [-0.05, 0) is 63.5 Å². The number of likely N-dealkylation sites (tertiary alicyclic amines) is 1. The Balaban J connectivity index is 1.61. The fourth-order valence-corrected chi connectivity index (χ4v) is 5.22. The van der Waals surface area contributed by atoms with E-state index in [-0.39, 0.29) is 29.6 Å². The summed E-state index contributed by atoms with van der Waals surface area (Å²) in [5.74, 6) is -0.120. The highest BCUT2D eigenvalue weighted by atomic mass is 32.1. The third-order valence-electron chi connectivity index (χ3n) is 5.78. The number of thiophene rings is 1. The molecule has 2 aromatic heterocycles. The number of aryl methyl sites for hydroxylation is 1. The van der Waals surface area contributed by atoms with Crippen molar-refractivity contribution in [3.8, 4) is 0 Å². The van der Waals surface area contributed by atoms with Crippen molar-refractivity contribution in [2.75, 3.05) is 25.0 Å². The van der Waals surface area contributed by atoms with Gasteiger partial charge in [-0.25, -0.2) is 0 Å². The van der Waals surface area contributed by atoms with E-state index in [9.17, 15) is 9.59 Å². The summed E-state index contributed by atoms with van der Waals surface area (Å²) in [7, 11) is 0. The molecule has 0 bridgehead atoms. The molecule has 168 valence electrons. The number of carbonyl (C=O) groups is 2. The molecule has 0 unspecified atom stereocenters. The first-order chi connectivity index (χ1) is 15.6. The molecule has 0 aliphatic carbocycles. The van der Waals surface area contributed by atoms with Crippen LogP contribution in [0.15, 0.2) is 59.2 Å². The van der Waals surface area contributed by atoms with Crippen molar-refractivity contribution in [3.63, 3.8) is 0 Å². The predicted octanol–water partition coefficient (Wildman–Crippen LogP) is 5.27. The minimum absolute atomic E-state index is 0.0174. The number of amides is 1. The standard InChI is InChI=1S/C25H28N2O4S/c1-3-30-25(29)19-11-13-27(14-12-19)22(18-8-5-4-6-9-18)20-16-17(2)32-24(20)26-23(28)21-10-7-15-31-21/h4-10,15-16,19,22H,3,11-14H2,1-2H3,(H,26,28)/t22-/m1/s1. The van der Waals surface area contributed by atoms with Crippen LogP contribution in [0.5, 0.6) is 0 Å². The molecule has 1 atom stereocenters. The Morgan fingerprint density at radius 2 is 1.94 bits per heavy atom. The maximum absolute atomic E-state index is 12.7. The van der Waals surface area contributed by atoms with Crippen molar-refractivity contribution in [2.45, 2.75) is 32.7 Å². The number of rotatable bonds is 7. The van der Waals surface area contributed by atoms with Crippen LogP contribution in [0.4, 0.5) is 5.00 Å². The number of hydrogen-bond acceptors (Lipinski definition) is 6. The maximum Gasteiger partial charge on any atom is 0.309 e.